The Labute approximate surface area is 201 Å². The maximum Gasteiger partial charge on any atom is 0.223 e. The van der Waals surface area contributed by atoms with E-state index in [2.05, 4.69) is 49.9 Å². The number of nitrogens with two attached hydrogens (primary N) is 1. The third kappa shape index (κ3) is 6.36. The quantitative estimate of drug-likeness (QED) is 0.381. The minimum Gasteiger partial charge on any atom is -0.396 e. The monoisotopic (exact) mass is 469 g/mol. The van der Waals surface area contributed by atoms with Crippen molar-refractivity contribution in [2.45, 2.75) is 53.0 Å². The second-order valence-electron chi connectivity index (χ2n) is 8.92. The van der Waals surface area contributed by atoms with Crippen molar-refractivity contribution in [3.63, 3.8) is 0 Å². The molecule has 178 valence electrons. The van der Waals surface area contributed by atoms with Gasteiger partial charge in [0.1, 0.15) is 0 Å². The van der Waals surface area contributed by atoms with Crippen LogP contribution in [0.3, 0.4) is 0 Å². The molecular formula is C26H36FN5S. The van der Waals surface area contributed by atoms with E-state index in [1.807, 2.05) is 6.07 Å². The van der Waals surface area contributed by atoms with Gasteiger partial charge >= 0.3 is 0 Å². The Morgan fingerprint density at radius 2 is 2.00 bits per heavy atom. The van der Waals surface area contributed by atoms with Gasteiger partial charge in [0.2, 0.25) is 5.95 Å². The minimum atomic E-state index is -0.386. The SMILES string of the molecule is C=C(S/C(=C(/c1cccc(N)c1F)C(C)CC)c1ccnc(NC2CCNCC2)n1)C(C)C. The molecule has 7 heteroatoms. The Bertz CT molecular complexity index is 998. The summed E-state index contributed by atoms with van der Waals surface area (Å²) in [6, 6.07) is 7.45. The second kappa shape index (κ2) is 11.7. The molecule has 1 aromatic heterocycles. The van der Waals surface area contributed by atoms with Crippen molar-refractivity contribution in [3.8, 4) is 0 Å². The predicted molar refractivity (Wildman–Crippen MR) is 140 cm³/mol. The van der Waals surface area contributed by atoms with Crippen LogP contribution in [0.2, 0.25) is 0 Å². The van der Waals surface area contributed by atoms with Crippen LogP contribution in [-0.2, 0) is 0 Å². The first-order chi connectivity index (χ1) is 15.8. The molecule has 4 N–H and O–H groups in total. The molecule has 1 unspecified atom stereocenters. The fourth-order valence-electron chi connectivity index (χ4n) is 3.77. The summed E-state index contributed by atoms with van der Waals surface area (Å²) in [6.07, 6.45) is 4.69. The highest BCUT2D eigenvalue weighted by Crippen LogP contribution is 2.45. The fourth-order valence-corrected chi connectivity index (χ4v) is 4.91. The van der Waals surface area contributed by atoms with E-state index >= 15 is 4.39 Å². The number of thioether (sulfide) groups is 1. The summed E-state index contributed by atoms with van der Waals surface area (Å²) >= 11 is 1.57. The van der Waals surface area contributed by atoms with Crippen LogP contribution < -0.4 is 16.4 Å². The summed E-state index contributed by atoms with van der Waals surface area (Å²) in [5.41, 5.74) is 8.30. The number of allylic oxidation sites excluding steroid dienone is 2. The summed E-state index contributed by atoms with van der Waals surface area (Å²) in [5, 5.41) is 6.86. The van der Waals surface area contributed by atoms with Gasteiger partial charge in [-0.2, -0.15) is 0 Å². The van der Waals surface area contributed by atoms with Crippen LogP contribution in [0.25, 0.3) is 10.5 Å². The molecule has 5 nitrogen and oxygen atoms in total. The first kappa shape index (κ1) is 25.2. The standard InChI is InChI=1S/C26H36FN5S/c1-6-17(4)23(20-8-7-9-21(28)24(20)27)25(33-18(5)16(2)3)22-12-15-30-26(32-22)31-19-10-13-29-14-11-19/h7-9,12,15-17,19,29H,5-6,10-11,13-14,28H2,1-4H3,(H,30,31,32)/b25-23+. The van der Waals surface area contributed by atoms with Gasteiger partial charge < -0.3 is 16.4 Å². The predicted octanol–water partition coefficient (Wildman–Crippen LogP) is 6.18. The van der Waals surface area contributed by atoms with Crippen LogP contribution in [0.5, 0.6) is 0 Å². The molecule has 0 radical (unpaired) electrons. The lowest BCUT2D eigenvalue weighted by atomic mass is 9.90. The number of aromatic nitrogens is 2. The van der Waals surface area contributed by atoms with Crippen LogP contribution in [0.1, 0.15) is 58.2 Å². The minimum absolute atomic E-state index is 0.0968. The van der Waals surface area contributed by atoms with Crippen molar-refractivity contribution in [1.82, 2.24) is 15.3 Å². The van der Waals surface area contributed by atoms with Crippen molar-refractivity contribution < 1.29 is 4.39 Å². The number of rotatable bonds is 9. The van der Waals surface area contributed by atoms with E-state index in [4.69, 9.17) is 10.7 Å². The van der Waals surface area contributed by atoms with Crippen LogP contribution in [0, 0.1) is 17.7 Å². The molecule has 3 rings (SSSR count). The topological polar surface area (TPSA) is 75.9 Å². The van der Waals surface area contributed by atoms with E-state index in [0.29, 0.717) is 17.6 Å². The highest BCUT2D eigenvalue weighted by atomic mass is 32.2. The molecule has 0 spiro atoms. The lowest BCUT2D eigenvalue weighted by Gasteiger charge is -2.25. The van der Waals surface area contributed by atoms with Gasteiger partial charge in [-0.3, -0.25) is 0 Å². The number of hydrogen-bond acceptors (Lipinski definition) is 6. The van der Waals surface area contributed by atoms with Gasteiger partial charge in [-0.1, -0.05) is 58.2 Å². The Morgan fingerprint density at radius 1 is 1.27 bits per heavy atom. The van der Waals surface area contributed by atoms with E-state index in [1.165, 1.54) is 0 Å². The number of nitrogens with one attached hydrogen (secondary N) is 2. The zero-order valence-corrected chi connectivity index (χ0v) is 20.9. The first-order valence-corrected chi connectivity index (χ1v) is 12.6. The van der Waals surface area contributed by atoms with E-state index in [9.17, 15) is 0 Å². The van der Waals surface area contributed by atoms with E-state index in [1.54, 1.807) is 36.2 Å². The number of benzene rings is 1. The molecule has 1 saturated heterocycles. The molecule has 1 aromatic carbocycles. The summed E-state index contributed by atoms with van der Waals surface area (Å²) in [7, 11) is 0. The average Bonchev–Trinajstić information content (AvgIpc) is 2.81. The molecule has 0 amide bonds. The summed E-state index contributed by atoms with van der Waals surface area (Å²) < 4.78 is 15.3. The van der Waals surface area contributed by atoms with Crippen molar-refractivity contribution >= 4 is 33.9 Å². The summed E-state index contributed by atoms with van der Waals surface area (Å²) in [5.74, 6) is 0.579. The number of piperidine rings is 1. The molecule has 2 aromatic rings. The van der Waals surface area contributed by atoms with Crippen LogP contribution in [0.4, 0.5) is 16.0 Å². The Balaban J connectivity index is 2.14. The lowest BCUT2D eigenvalue weighted by Crippen LogP contribution is -2.35. The molecule has 33 heavy (non-hydrogen) atoms. The van der Waals surface area contributed by atoms with Crippen molar-refractivity contribution in [2.75, 3.05) is 24.1 Å². The van der Waals surface area contributed by atoms with Crippen molar-refractivity contribution in [3.05, 3.63) is 59.0 Å². The van der Waals surface area contributed by atoms with Gasteiger partial charge in [0, 0.05) is 22.7 Å². The maximum absolute atomic E-state index is 15.3. The largest absolute Gasteiger partial charge is 0.396 e. The van der Waals surface area contributed by atoms with Crippen molar-refractivity contribution in [2.24, 2.45) is 11.8 Å². The van der Waals surface area contributed by atoms with E-state index in [-0.39, 0.29) is 23.3 Å². The van der Waals surface area contributed by atoms with Crippen LogP contribution >= 0.6 is 11.8 Å². The zero-order valence-electron chi connectivity index (χ0n) is 20.1. The first-order valence-electron chi connectivity index (χ1n) is 11.8. The fraction of sp³-hybridized carbons (Fsp3) is 0.462. The zero-order chi connectivity index (χ0) is 24.0. The van der Waals surface area contributed by atoms with E-state index < -0.39 is 0 Å². The lowest BCUT2D eigenvalue weighted by molar-refractivity contribution is 0.477. The highest BCUT2D eigenvalue weighted by molar-refractivity contribution is 8.12. The van der Waals surface area contributed by atoms with Gasteiger partial charge in [0.25, 0.3) is 0 Å². The number of halogens is 1. The van der Waals surface area contributed by atoms with Crippen molar-refractivity contribution in [1.29, 1.82) is 0 Å². The van der Waals surface area contributed by atoms with E-state index in [0.717, 1.165) is 53.4 Å². The molecule has 0 aliphatic carbocycles. The van der Waals surface area contributed by atoms with Gasteiger partial charge in [-0.25, -0.2) is 14.4 Å². The smallest absolute Gasteiger partial charge is 0.223 e. The molecular weight excluding hydrogens is 433 g/mol. The van der Waals surface area contributed by atoms with Gasteiger partial charge in [0.05, 0.1) is 11.4 Å². The molecule has 1 fully saturated rings. The average molecular weight is 470 g/mol. The maximum atomic E-state index is 15.3. The third-order valence-corrected chi connectivity index (χ3v) is 7.47. The third-order valence-electron chi connectivity index (χ3n) is 6.11. The molecule has 1 aliphatic rings. The normalized spacial score (nSPS) is 16.4. The van der Waals surface area contributed by atoms with Gasteiger partial charge in [-0.15, -0.1) is 0 Å². The molecule has 1 aliphatic heterocycles. The van der Waals surface area contributed by atoms with Crippen LogP contribution in [0.15, 0.2) is 41.9 Å². The molecule has 0 bridgehead atoms. The molecule has 2 heterocycles. The van der Waals surface area contributed by atoms with Crippen LogP contribution in [-0.4, -0.2) is 29.1 Å². The Morgan fingerprint density at radius 3 is 2.67 bits per heavy atom. The molecule has 1 atom stereocenters. The second-order valence-corrected chi connectivity index (χ2v) is 10.1. The number of nitrogens with zero attached hydrogens (tertiary/aromatic N) is 2. The summed E-state index contributed by atoms with van der Waals surface area (Å²) in [6.45, 7) is 14.7. The number of hydrogen-bond donors (Lipinski definition) is 3. The van der Waals surface area contributed by atoms with Gasteiger partial charge in [-0.05, 0) is 66.8 Å². The Hall–Kier alpha value is -2.38. The number of nitrogen functional groups attached to an aromatic ring is 1. The number of anilines is 2. The summed E-state index contributed by atoms with van der Waals surface area (Å²) in [4.78, 5) is 11.3. The van der Waals surface area contributed by atoms with Gasteiger partial charge in [0.15, 0.2) is 5.82 Å². The highest BCUT2D eigenvalue weighted by Gasteiger charge is 2.24. The molecule has 0 saturated carbocycles. The Kier molecular flexibility index (Phi) is 8.92.